The van der Waals surface area contributed by atoms with Crippen LogP contribution in [0.2, 0.25) is 0 Å². The summed E-state index contributed by atoms with van der Waals surface area (Å²) in [5.74, 6) is -1.78. The highest BCUT2D eigenvalue weighted by molar-refractivity contribution is 5.92. The molecule has 0 spiro atoms. The summed E-state index contributed by atoms with van der Waals surface area (Å²) < 4.78 is 16.3. The van der Waals surface area contributed by atoms with Crippen molar-refractivity contribution in [3.63, 3.8) is 0 Å². The van der Waals surface area contributed by atoms with E-state index < -0.39 is 22.8 Å². The molecule has 0 radical (unpaired) electrons. The van der Waals surface area contributed by atoms with E-state index in [0.29, 0.717) is 18.7 Å². The van der Waals surface area contributed by atoms with Crippen LogP contribution in [0.5, 0.6) is 0 Å². The molecule has 1 atom stereocenters. The quantitative estimate of drug-likeness (QED) is 0.840. The van der Waals surface area contributed by atoms with Gasteiger partial charge in [-0.15, -0.1) is 12.4 Å². The minimum atomic E-state index is -1.32. The second-order valence-electron chi connectivity index (χ2n) is 7.31. The third kappa shape index (κ3) is 3.03. The molecule has 2 aromatic rings. The van der Waals surface area contributed by atoms with E-state index in [4.69, 9.17) is 5.73 Å². The van der Waals surface area contributed by atoms with E-state index in [1.54, 1.807) is 9.47 Å². The molecule has 1 aliphatic carbocycles. The lowest BCUT2D eigenvalue weighted by atomic mass is 10.0. The smallest absolute Gasteiger partial charge is 0.341 e. The molecule has 3 heterocycles. The van der Waals surface area contributed by atoms with Crippen LogP contribution in [0.1, 0.15) is 42.6 Å². The Morgan fingerprint density at radius 1 is 1.46 bits per heavy atom. The minimum absolute atomic E-state index is 0. The summed E-state index contributed by atoms with van der Waals surface area (Å²) in [6, 6.07) is 1.21. The zero-order valence-electron chi connectivity index (χ0n) is 14.2. The van der Waals surface area contributed by atoms with E-state index in [-0.39, 0.29) is 35.2 Å². The van der Waals surface area contributed by atoms with Gasteiger partial charge in [0.15, 0.2) is 11.6 Å². The van der Waals surface area contributed by atoms with Gasteiger partial charge in [0.2, 0.25) is 5.43 Å². The average Bonchev–Trinajstić information content (AvgIpc) is 3.31. The van der Waals surface area contributed by atoms with Crippen LogP contribution in [0.15, 0.2) is 17.1 Å². The highest BCUT2D eigenvalue weighted by Crippen LogP contribution is 2.37. The van der Waals surface area contributed by atoms with Crippen LogP contribution in [-0.4, -0.2) is 39.3 Å². The predicted octanol–water partition coefficient (Wildman–Crippen LogP) is 1.92. The maximum atomic E-state index is 14.6. The fraction of sp³-hybridized carbons (Fsp3) is 0.471. The molecule has 1 saturated heterocycles. The number of carbonyl (C=O) groups is 1. The molecular formula is C17H20ClFN4O3. The topological polar surface area (TPSA) is 101 Å². The Morgan fingerprint density at radius 3 is 2.69 bits per heavy atom. The van der Waals surface area contributed by atoms with Gasteiger partial charge in [-0.05, 0) is 32.3 Å². The number of pyridine rings is 2. The van der Waals surface area contributed by atoms with Gasteiger partial charge in [0, 0.05) is 30.9 Å². The lowest BCUT2D eigenvalue weighted by Crippen LogP contribution is -2.39. The number of anilines is 1. The van der Waals surface area contributed by atoms with Gasteiger partial charge in [-0.1, -0.05) is 0 Å². The first-order chi connectivity index (χ1) is 11.8. The maximum absolute atomic E-state index is 14.6. The number of hydrogen-bond acceptors (Lipinski definition) is 5. The molecule has 0 aromatic carbocycles. The lowest BCUT2D eigenvalue weighted by molar-refractivity contribution is 0.0695. The normalized spacial score (nSPS) is 22.5. The van der Waals surface area contributed by atoms with Crippen LogP contribution >= 0.6 is 12.4 Å². The first-order valence-corrected chi connectivity index (χ1v) is 8.29. The van der Waals surface area contributed by atoms with Gasteiger partial charge >= 0.3 is 5.97 Å². The van der Waals surface area contributed by atoms with E-state index in [1.165, 1.54) is 6.20 Å². The second-order valence-corrected chi connectivity index (χ2v) is 7.31. The van der Waals surface area contributed by atoms with Crippen molar-refractivity contribution >= 4 is 35.2 Å². The molecule has 26 heavy (non-hydrogen) atoms. The summed E-state index contributed by atoms with van der Waals surface area (Å²) >= 11 is 0. The summed E-state index contributed by atoms with van der Waals surface area (Å²) in [5.41, 5.74) is 4.98. The zero-order valence-corrected chi connectivity index (χ0v) is 15.1. The first kappa shape index (κ1) is 18.6. The number of carboxylic acids is 1. The second kappa shape index (κ2) is 6.21. The Labute approximate surface area is 155 Å². The molecule has 9 heteroatoms. The van der Waals surface area contributed by atoms with E-state index >= 15 is 0 Å². The molecule has 2 aromatic heterocycles. The van der Waals surface area contributed by atoms with Gasteiger partial charge in [-0.2, -0.15) is 0 Å². The lowest BCUT2D eigenvalue weighted by Gasteiger charge is -2.22. The van der Waals surface area contributed by atoms with E-state index in [1.807, 2.05) is 6.92 Å². The molecule has 4 rings (SSSR count). The fourth-order valence-electron chi connectivity index (χ4n) is 3.41. The number of nitrogens with zero attached hydrogens (tertiary/aromatic N) is 3. The van der Waals surface area contributed by atoms with Crippen molar-refractivity contribution in [3.05, 3.63) is 33.9 Å². The third-order valence-electron chi connectivity index (χ3n) is 4.91. The Morgan fingerprint density at radius 2 is 2.15 bits per heavy atom. The highest BCUT2D eigenvalue weighted by Gasteiger charge is 2.33. The monoisotopic (exact) mass is 382 g/mol. The summed E-state index contributed by atoms with van der Waals surface area (Å²) in [6.07, 6.45) is 3.82. The molecule has 2 aliphatic rings. The summed E-state index contributed by atoms with van der Waals surface area (Å²) in [7, 11) is 0. The number of hydrogen-bond donors (Lipinski definition) is 2. The van der Waals surface area contributed by atoms with Gasteiger partial charge < -0.3 is 20.3 Å². The van der Waals surface area contributed by atoms with E-state index in [2.05, 4.69) is 4.98 Å². The standard InChI is InChI=1S/C17H19FN4O3.ClH/c1-17(19)4-5-21(8-17)15-12(18)6-10-13(23)11(16(24)25)7-22(9-2-3-9)14(10)20-15;/h6-7,9H,2-5,8,19H2,1H3,(H,24,25);1H. The Hall–Kier alpha value is -2.19. The fourth-order valence-corrected chi connectivity index (χ4v) is 3.41. The van der Waals surface area contributed by atoms with Crippen LogP contribution in [0.3, 0.4) is 0 Å². The third-order valence-corrected chi connectivity index (χ3v) is 4.91. The maximum Gasteiger partial charge on any atom is 0.341 e. The van der Waals surface area contributed by atoms with Crippen molar-refractivity contribution < 1.29 is 14.3 Å². The predicted molar refractivity (Wildman–Crippen MR) is 97.9 cm³/mol. The average molecular weight is 383 g/mol. The van der Waals surface area contributed by atoms with Crippen molar-refractivity contribution in [1.82, 2.24) is 9.55 Å². The number of rotatable bonds is 3. The summed E-state index contributed by atoms with van der Waals surface area (Å²) in [5, 5.41) is 9.26. The SMILES string of the molecule is CC1(N)CCN(c2nc3c(cc2F)c(=O)c(C(=O)O)cn3C2CC2)C1.Cl. The molecule has 1 saturated carbocycles. The summed E-state index contributed by atoms with van der Waals surface area (Å²) in [6.45, 7) is 2.97. The van der Waals surface area contributed by atoms with Gasteiger partial charge in [-0.25, -0.2) is 14.2 Å². The van der Waals surface area contributed by atoms with Gasteiger partial charge in [0.1, 0.15) is 11.2 Å². The van der Waals surface area contributed by atoms with Crippen molar-refractivity contribution in [2.45, 2.75) is 37.8 Å². The van der Waals surface area contributed by atoms with Crippen LogP contribution in [0, 0.1) is 5.82 Å². The van der Waals surface area contributed by atoms with E-state index in [9.17, 15) is 19.1 Å². The van der Waals surface area contributed by atoms with Crippen molar-refractivity contribution in [2.75, 3.05) is 18.0 Å². The van der Waals surface area contributed by atoms with Gasteiger partial charge in [-0.3, -0.25) is 4.79 Å². The van der Waals surface area contributed by atoms with Crippen LogP contribution in [0.25, 0.3) is 11.0 Å². The van der Waals surface area contributed by atoms with Crippen LogP contribution < -0.4 is 16.1 Å². The Kier molecular flexibility index (Phi) is 4.44. The van der Waals surface area contributed by atoms with Gasteiger partial charge in [0.25, 0.3) is 0 Å². The number of fused-ring (bicyclic) bond motifs is 1. The van der Waals surface area contributed by atoms with Crippen molar-refractivity contribution in [1.29, 1.82) is 0 Å². The zero-order chi connectivity index (χ0) is 17.9. The molecule has 0 amide bonds. The molecule has 140 valence electrons. The minimum Gasteiger partial charge on any atom is -0.477 e. The Balaban J connectivity index is 0.00000196. The van der Waals surface area contributed by atoms with Crippen LogP contribution in [-0.2, 0) is 0 Å². The number of halogens is 2. The molecule has 7 nitrogen and oxygen atoms in total. The Bertz CT molecular complexity index is 955. The van der Waals surface area contributed by atoms with E-state index in [0.717, 1.165) is 25.3 Å². The summed E-state index contributed by atoms with van der Waals surface area (Å²) in [4.78, 5) is 30.0. The largest absolute Gasteiger partial charge is 0.477 e. The molecular weight excluding hydrogens is 363 g/mol. The molecule has 1 aliphatic heterocycles. The molecule has 2 fully saturated rings. The molecule has 0 bridgehead atoms. The molecule has 3 N–H and O–H groups in total. The van der Waals surface area contributed by atoms with Gasteiger partial charge in [0.05, 0.1) is 5.39 Å². The highest BCUT2D eigenvalue weighted by atomic mass is 35.5. The van der Waals surface area contributed by atoms with Crippen molar-refractivity contribution in [2.24, 2.45) is 5.73 Å². The number of aromatic nitrogens is 2. The number of aromatic carboxylic acids is 1. The van der Waals surface area contributed by atoms with Crippen molar-refractivity contribution in [3.8, 4) is 0 Å². The first-order valence-electron chi connectivity index (χ1n) is 8.29. The van der Waals surface area contributed by atoms with Crippen LogP contribution in [0.4, 0.5) is 10.2 Å². The molecule has 1 unspecified atom stereocenters. The number of carboxylic acid groups (broad SMARTS) is 1. The number of nitrogens with two attached hydrogens (primary N) is 1.